The van der Waals surface area contributed by atoms with Crippen LogP contribution in [-0.4, -0.2) is 24.2 Å². The fraction of sp³-hybridized carbons (Fsp3) is 0.318. The van der Waals surface area contributed by atoms with Crippen LogP contribution in [0.4, 0.5) is 0 Å². The van der Waals surface area contributed by atoms with Gasteiger partial charge >= 0.3 is 0 Å². The van der Waals surface area contributed by atoms with Crippen LogP contribution in [0.5, 0.6) is 0 Å². The molecule has 0 saturated heterocycles. The van der Waals surface area contributed by atoms with E-state index in [4.69, 9.17) is 16.6 Å². The summed E-state index contributed by atoms with van der Waals surface area (Å²) in [5.41, 5.74) is 4.64. The van der Waals surface area contributed by atoms with Crippen LogP contribution in [0, 0.1) is 6.92 Å². The van der Waals surface area contributed by atoms with Gasteiger partial charge in [-0.3, -0.25) is 9.36 Å². The maximum absolute atomic E-state index is 13.3. The molecule has 1 aliphatic rings. The average molecular weight is 428 g/mol. The highest BCUT2D eigenvalue weighted by molar-refractivity contribution is 7.85. The Morgan fingerprint density at radius 3 is 2.66 bits per heavy atom. The molecule has 0 aliphatic carbocycles. The van der Waals surface area contributed by atoms with Crippen LogP contribution in [0.3, 0.4) is 0 Å². The van der Waals surface area contributed by atoms with E-state index in [0.717, 1.165) is 22.3 Å². The van der Waals surface area contributed by atoms with Crippen molar-refractivity contribution in [2.45, 2.75) is 45.9 Å². The monoisotopic (exact) mass is 427 g/mol. The first-order chi connectivity index (χ1) is 13.6. The summed E-state index contributed by atoms with van der Waals surface area (Å²) in [6.45, 7) is 9.87. The summed E-state index contributed by atoms with van der Waals surface area (Å²) in [5, 5.41) is 1.15. The second-order valence-electron chi connectivity index (χ2n) is 8.38. The van der Waals surface area contributed by atoms with Crippen molar-refractivity contribution in [2.24, 2.45) is 4.40 Å². The molecule has 0 radical (unpaired) electrons. The molecule has 1 aliphatic heterocycles. The molecule has 29 heavy (non-hydrogen) atoms. The van der Waals surface area contributed by atoms with Crippen molar-refractivity contribution in [1.29, 1.82) is 0 Å². The van der Waals surface area contributed by atoms with Gasteiger partial charge in [0.05, 0.1) is 27.9 Å². The molecule has 0 N–H and O–H groups in total. The molecule has 1 atom stereocenters. The standard InChI is InChI=1S/C22H22ClN3O2S/c1-12-8-16(13(2)25-29(28)22(3,4)5)19-18(9-12)21(27)26-11-14-6-7-15(23)10-17(14)20(26)24-19/h6-10H,11H2,1-5H3/b25-13+/t29-/m1/s1. The lowest BCUT2D eigenvalue weighted by molar-refractivity contribution is 0.650. The van der Waals surface area contributed by atoms with E-state index in [0.29, 0.717) is 34.0 Å². The quantitative estimate of drug-likeness (QED) is 0.437. The molecule has 0 bridgehead atoms. The summed E-state index contributed by atoms with van der Waals surface area (Å²) < 4.78 is 18.2. The van der Waals surface area contributed by atoms with E-state index in [1.807, 2.05) is 65.0 Å². The number of aromatic nitrogens is 2. The Balaban J connectivity index is 2.00. The summed E-state index contributed by atoms with van der Waals surface area (Å²) in [7, 11) is -1.40. The van der Waals surface area contributed by atoms with E-state index in [9.17, 15) is 9.00 Å². The molecule has 7 heteroatoms. The van der Waals surface area contributed by atoms with Gasteiger partial charge in [0, 0.05) is 16.1 Å². The number of halogens is 1. The summed E-state index contributed by atoms with van der Waals surface area (Å²) in [4.78, 5) is 18.1. The molecule has 150 valence electrons. The predicted octanol–water partition coefficient (Wildman–Crippen LogP) is 4.66. The first-order valence-corrected chi connectivity index (χ1v) is 10.9. The molecular weight excluding hydrogens is 406 g/mol. The molecule has 1 aromatic heterocycles. The van der Waals surface area contributed by atoms with Crippen LogP contribution < -0.4 is 5.56 Å². The zero-order valence-corrected chi connectivity index (χ0v) is 18.6. The van der Waals surface area contributed by atoms with Crippen LogP contribution in [0.2, 0.25) is 5.02 Å². The first kappa shape index (κ1) is 20.0. The lowest BCUT2D eigenvalue weighted by Crippen LogP contribution is -2.22. The van der Waals surface area contributed by atoms with Crippen molar-refractivity contribution in [2.75, 3.05) is 0 Å². The molecular formula is C22H22ClN3O2S. The van der Waals surface area contributed by atoms with E-state index < -0.39 is 15.7 Å². The Labute approximate surface area is 177 Å². The van der Waals surface area contributed by atoms with E-state index in [1.54, 1.807) is 4.57 Å². The third-order valence-electron chi connectivity index (χ3n) is 4.98. The Morgan fingerprint density at radius 1 is 1.24 bits per heavy atom. The van der Waals surface area contributed by atoms with Gasteiger partial charge in [-0.25, -0.2) is 9.19 Å². The lowest BCUT2D eigenvalue weighted by atomic mass is 10.0. The van der Waals surface area contributed by atoms with E-state index in [-0.39, 0.29) is 5.56 Å². The van der Waals surface area contributed by atoms with Gasteiger partial charge in [0.25, 0.3) is 5.56 Å². The summed E-state index contributed by atoms with van der Waals surface area (Å²) in [6, 6.07) is 9.40. The molecule has 0 unspecified atom stereocenters. The Bertz CT molecular complexity index is 1290. The normalized spacial score (nSPS) is 14.8. The maximum Gasteiger partial charge on any atom is 0.261 e. The van der Waals surface area contributed by atoms with Crippen LogP contribution in [0.15, 0.2) is 39.5 Å². The number of benzene rings is 2. The maximum atomic E-state index is 13.3. The minimum Gasteiger partial charge on any atom is -0.288 e. The third-order valence-corrected chi connectivity index (χ3v) is 6.70. The van der Waals surface area contributed by atoms with Crippen molar-refractivity contribution in [3.05, 3.63) is 62.4 Å². The second-order valence-corrected chi connectivity index (χ2v) is 10.7. The van der Waals surface area contributed by atoms with Gasteiger partial charge in [0.2, 0.25) is 0 Å². The molecule has 0 spiro atoms. The van der Waals surface area contributed by atoms with Gasteiger partial charge in [0.1, 0.15) is 16.8 Å². The largest absolute Gasteiger partial charge is 0.288 e. The van der Waals surface area contributed by atoms with E-state index in [2.05, 4.69) is 4.40 Å². The zero-order chi connectivity index (χ0) is 21.1. The fourth-order valence-corrected chi connectivity index (χ4v) is 4.27. The Morgan fingerprint density at radius 2 is 1.97 bits per heavy atom. The van der Waals surface area contributed by atoms with Crippen LogP contribution in [-0.2, 0) is 17.5 Å². The minimum absolute atomic E-state index is 0.0907. The van der Waals surface area contributed by atoms with Crippen molar-refractivity contribution >= 4 is 39.2 Å². The summed E-state index contributed by atoms with van der Waals surface area (Å²) in [6.07, 6.45) is 0. The van der Waals surface area contributed by atoms with Gasteiger partial charge in [-0.1, -0.05) is 17.7 Å². The molecule has 0 fully saturated rings. The number of hydrogen-bond donors (Lipinski definition) is 0. The van der Waals surface area contributed by atoms with Gasteiger partial charge in [-0.15, -0.1) is 0 Å². The van der Waals surface area contributed by atoms with Gasteiger partial charge in [-0.2, -0.15) is 4.40 Å². The number of hydrogen-bond acceptors (Lipinski definition) is 3. The second kappa shape index (κ2) is 6.89. The van der Waals surface area contributed by atoms with Gasteiger partial charge in [-0.05, 0) is 70.0 Å². The predicted molar refractivity (Wildman–Crippen MR) is 120 cm³/mol. The van der Waals surface area contributed by atoms with Crippen molar-refractivity contribution in [3.63, 3.8) is 0 Å². The number of nitrogens with zero attached hydrogens (tertiary/aromatic N) is 3. The third kappa shape index (κ3) is 3.45. The highest BCUT2D eigenvalue weighted by Gasteiger charge is 2.25. The van der Waals surface area contributed by atoms with Gasteiger partial charge in [0.15, 0.2) is 0 Å². The summed E-state index contributed by atoms with van der Waals surface area (Å²) in [5.74, 6) is 0.606. The van der Waals surface area contributed by atoms with Crippen LogP contribution >= 0.6 is 11.6 Å². The SMILES string of the molecule is C/C(=N\[S@](=O)C(C)(C)C)c1cc(C)cc2c(=O)n3c(nc12)-c1cc(Cl)ccc1C3. The molecule has 3 aromatic rings. The van der Waals surface area contributed by atoms with Crippen LogP contribution in [0.1, 0.15) is 44.4 Å². The molecule has 5 nitrogen and oxygen atoms in total. The topological polar surface area (TPSA) is 64.3 Å². The van der Waals surface area contributed by atoms with E-state index >= 15 is 0 Å². The molecule has 0 amide bonds. The minimum atomic E-state index is -1.40. The summed E-state index contributed by atoms with van der Waals surface area (Å²) >= 11 is 6.18. The van der Waals surface area contributed by atoms with Crippen molar-refractivity contribution < 1.29 is 4.21 Å². The number of rotatable bonds is 2. The molecule has 2 heterocycles. The smallest absolute Gasteiger partial charge is 0.261 e. The Kier molecular flexibility index (Phi) is 4.74. The van der Waals surface area contributed by atoms with Crippen LogP contribution in [0.25, 0.3) is 22.3 Å². The van der Waals surface area contributed by atoms with Crippen molar-refractivity contribution in [3.8, 4) is 11.4 Å². The van der Waals surface area contributed by atoms with Crippen molar-refractivity contribution in [1.82, 2.24) is 9.55 Å². The van der Waals surface area contributed by atoms with E-state index in [1.165, 1.54) is 0 Å². The highest BCUT2D eigenvalue weighted by Crippen LogP contribution is 2.33. The molecule has 0 saturated carbocycles. The number of fused-ring (bicyclic) bond motifs is 4. The highest BCUT2D eigenvalue weighted by atomic mass is 35.5. The van der Waals surface area contributed by atoms with Gasteiger partial charge < -0.3 is 0 Å². The first-order valence-electron chi connectivity index (χ1n) is 9.38. The average Bonchev–Trinajstić information content (AvgIpc) is 2.99. The Hall–Kier alpha value is -2.31. The fourth-order valence-electron chi connectivity index (χ4n) is 3.47. The zero-order valence-electron chi connectivity index (χ0n) is 17.0. The molecule has 2 aromatic carbocycles. The number of aryl methyl sites for hydroxylation is 1. The lowest BCUT2D eigenvalue weighted by Gasteiger charge is -2.15. The molecule has 4 rings (SSSR count).